The Morgan fingerprint density at radius 1 is 1.31 bits per heavy atom. The number of benzene rings is 1. The second-order valence-electron chi connectivity index (χ2n) is 3.28. The third-order valence-corrected chi connectivity index (χ3v) is 2.37. The fourth-order valence-corrected chi connectivity index (χ4v) is 1.47. The van der Waals surface area contributed by atoms with Gasteiger partial charge in [-0.2, -0.15) is 0 Å². The molecule has 1 atom stereocenters. The summed E-state index contributed by atoms with van der Waals surface area (Å²) in [5, 5.41) is 13.2. The van der Waals surface area contributed by atoms with Gasteiger partial charge in [0.25, 0.3) is 0 Å². The summed E-state index contributed by atoms with van der Waals surface area (Å²) in [7, 11) is 1.85. The number of rotatable bonds is 4. The molecule has 0 amide bonds. The van der Waals surface area contributed by atoms with Crippen LogP contribution >= 0.6 is 0 Å². The van der Waals surface area contributed by atoms with E-state index in [0.29, 0.717) is 6.54 Å². The molecule has 72 valence electrons. The summed E-state index contributed by atoms with van der Waals surface area (Å²) in [5.41, 5.74) is 0.252. The Kier molecular flexibility index (Phi) is 3.46. The van der Waals surface area contributed by atoms with Crippen LogP contribution in [0.15, 0.2) is 30.3 Å². The standard InChI is InChI=1S/C11H17NO/c1-3-11(13,9-12-2)10-7-5-4-6-8-10/h4-8,12-13H,3,9H2,1-2H3. The first-order valence-corrected chi connectivity index (χ1v) is 4.65. The highest BCUT2D eigenvalue weighted by atomic mass is 16.3. The van der Waals surface area contributed by atoms with E-state index in [1.54, 1.807) is 0 Å². The van der Waals surface area contributed by atoms with Crippen LogP contribution in [0.1, 0.15) is 18.9 Å². The predicted octanol–water partition coefficient (Wildman–Crippen LogP) is 1.50. The third kappa shape index (κ3) is 2.29. The monoisotopic (exact) mass is 179 g/mol. The Morgan fingerprint density at radius 2 is 1.92 bits per heavy atom. The van der Waals surface area contributed by atoms with Gasteiger partial charge in [-0.15, -0.1) is 0 Å². The topological polar surface area (TPSA) is 32.3 Å². The van der Waals surface area contributed by atoms with Crippen LogP contribution in [0.25, 0.3) is 0 Å². The van der Waals surface area contributed by atoms with Gasteiger partial charge in [-0.25, -0.2) is 0 Å². The summed E-state index contributed by atoms with van der Waals surface area (Å²) in [6.45, 7) is 2.58. The smallest absolute Gasteiger partial charge is 0.102 e. The quantitative estimate of drug-likeness (QED) is 0.734. The number of nitrogens with one attached hydrogen (secondary N) is 1. The minimum absolute atomic E-state index is 0.591. The number of aliphatic hydroxyl groups is 1. The molecule has 0 saturated carbocycles. The van der Waals surface area contributed by atoms with Gasteiger partial charge < -0.3 is 10.4 Å². The second-order valence-corrected chi connectivity index (χ2v) is 3.28. The molecule has 0 aromatic heterocycles. The van der Waals surface area contributed by atoms with E-state index in [4.69, 9.17) is 0 Å². The van der Waals surface area contributed by atoms with Crippen molar-refractivity contribution in [1.82, 2.24) is 5.32 Å². The summed E-state index contributed by atoms with van der Waals surface area (Å²) in [6.07, 6.45) is 0.720. The molecule has 1 aromatic rings. The van der Waals surface area contributed by atoms with E-state index >= 15 is 0 Å². The van der Waals surface area contributed by atoms with Crippen LogP contribution in [-0.2, 0) is 5.60 Å². The van der Waals surface area contributed by atoms with Crippen molar-refractivity contribution in [2.45, 2.75) is 18.9 Å². The lowest BCUT2D eigenvalue weighted by molar-refractivity contribution is 0.0346. The van der Waals surface area contributed by atoms with Crippen LogP contribution in [0.4, 0.5) is 0 Å². The van der Waals surface area contributed by atoms with Crippen molar-refractivity contribution in [1.29, 1.82) is 0 Å². The van der Waals surface area contributed by atoms with Crippen LogP contribution in [0.5, 0.6) is 0 Å². The number of likely N-dealkylation sites (N-methyl/N-ethyl adjacent to an activating group) is 1. The van der Waals surface area contributed by atoms with Gasteiger partial charge in [-0.3, -0.25) is 0 Å². The highest BCUT2D eigenvalue weighted by molar-refractivity contribution is 5.22. The molecule has 2 N–H and O–H groups in total. The highest BCUT2D eigenvalue weighted by Gasteiger charge is 2.25. The zero-order valence-corrected chi connectivity index (χ0v) is 8.25. The summed E-state index contributed by atoms with van der Waals surface area (Å²) in [4.78, 5) is 0. The molecule has 0 aliphatic heterocycles. The minimum atomic E-state index is -0.726. The maximum absolute atomic E-state index is 10.2. The molecule has 0 aliphatic rings. The molecule has 0 heterocycles. The molecule has 0 aliphatic carbocycles. The zero-order chi connectivity index (χ0) is 9.73. The van der Waals surface area contributed by atoms with Gasteiger partial charge in [0, 0.05) is 6.54 Å². The van der Waals surface area contributed by atoms with Crippen LogP contribution in [0.2, 0.25) is 0 Å². The van der Waals surface area contributed by atoms with Crippen LogP contribution in [-0.4, -0.2) is 18.7 Å². The maximum atomic E-state index is 10.2. The Labute approximate surface area is 79.6 Å². The molecular formula is C11H17NO. The lowest BCUT2D eigenvalue weighted by Gasteiger charge is -2.26. The van der Waals surface area contributed by atoms with E-state index in [-0.39, 0.29) is 0 Å². The third-order valence-electron chi connectivity index (χ3n) is 2.37. The summed E-state index contributed by atoms with van der Waals surface area (Å²) < 4.78 is 0. The molecule has 0 spiro atoms. The van der Waals surface area contributed by atoms with Gasteiger partial charge >= 0.3 is 0 Å². The van der Waals surface area contributed by atoms with Crippen molar-refractivity contribution >= 4 is 0 Å². The largest absolute Gasteiger partial charge is 0.384 e. The molecular weight excluding hydrogens is 162 g/mol. The second kappa shape index (κ2) is 4.40. The molecule has 1 unspecified atom stereocenters. The van der Waals surface area contributed by atoms with Crippen molar-refractivity contribution in [3.05, 3.63) is 35.9 Å². The van der Waals surface area contributed by atoms with Gasteiger partial charge in [0.2, 0.25) is 0 Å². The maximum Gasteiger partial charge on any atom is 0.102 e. The van der Waals surface area contributed by atoms with Gasteiger partial charge in [0.15, 0.2) is 0 Å². The van der Waals surface area contributed by atoms with Crippen molar-refractivity contribution in [2.75, 3.05) is 13.6 Å². The molecule has 0 radical (unpaired) electrons. The average Bonchev–Trinajstić information content (AvgIpc) is 2.19. The van der Waals surface area contributed by atoms with Crippen molar-refractivity contribution in [3.63, 3.8) is 0 Å². The molecule has 1 rings (SSSR count). The van der Waals surface area contributed by atoms with Crippen molar-refractivity contribution in [3.8, 4) is 0 Å². The van der Waals surface area contributed by atoms with E-state index in [1.807, 2.05) is 44.3 Å². The van der Waals surface area contributed by atoms with Crippen molar-refractivity contribution < 1.29 is 5.11 Å². The van der Waals surface area contributed by atoms with Gasteiger partial charge in [-0.05, 0) is 19.0 Å². The van der Waals surface area contributed by atoms with Gasteiger partial charge in [-0.1, -0.05) is 37.3 Å². The Bertz CT molecular complexity index is 248. The first-order chi connectivity index (χ1) is 6.23. The number of hydrogen-bond donors (Lipinski definition) is 2. The molecule has 0 bridgehead atoms. The van der Waals surface area contributed by atoms with E-state index < -0.39 is 5.60 Å². The Morgan fingerprint density at radius 3 is 2.38 bits per heavy atom. The lowest BCUT2D eigenvalue weighted by atomic mass is 9.91. The summed E-state index contributed by atoms with van der Waals surface area (Å²) >= 11 is 0. The zero-order valence-electron chi connectivity index (χ0n) is 8.25. The Balaban J connectivity index is 2.89. The molecule has 2 heteroatoms. The van der Waals surface area contributed by atoms with Crippen molar-refractivity contribution in [2.24, 2.45) is 0 Å². The molecule has 0 saturated heterocycles. The minimum Gasteiger partial charge on any atom is -0.384 e. The van der Waals surface area contributed by atoms with E-state index in [0.717, 1.165) is 12.0 Å². The van der Waals surface area contributed by atoms with E-state index in [2.05, 4.69) is 5.32 Å². The average molecular weight is 179 g/mol. The SMILES string of the molecule is CCC(O)(CNC)c1ccccc1. The van der Waals surface area contributed by atoms with Gasteiger partial charge in [0.05, 0.1) is 0 Å². The van der Waals surface area contributed by atoms with E-state index in [1.165, 1.54) is 0 Å². The normalized spacial score (nSPS) is 15.3. The van der Waals surface area contributed by atoms with Crippen LogP contribution in [0, 0.1) is 0 Å². The first-order valence-electron chi connectivity index (χ1n) is 4.65. The highest BCUT2D eigenvalue weighted by Crippen LogP contribution is 2.23. The van der Waals surface area contributed by atoms with Gasteiger partial charge in [0.1, 0.15) is 5.60 Å². The van der Waals surface area contributed by atoms with Crippen LogP contribution < -0.4 is 5.32 Å². The molecule has 13 heavy (non-hydrogen) atoms. The van der Waals surface area contributed by atoms with Crippen LogP contribution in [0.3, 0.4) is 0 Å². The fraction of sp³-hybridized carbons (Fsp3) is 0.455. The molecule has 0 fully saturated rings. The lowest BCUT2D eigenvalue weighted by Crippen LogP contribution is -2.35. The molecule has 1 aromatic carbocycles. The number of hydrogen-bond acceptors (Lipinski definition) is 2. The summed E-state index contributed by atoms with van der Waals surface area (Å²) in [5.74, 6) is 0. The molecule has 2 nitrogen and oxygen atoms in total. The summed E-state index contributed by atoms with van der Waals surface area (Å²) in [6, 6.07) is 9.78. The predicted molar refractivity (Wildman–Crippen MR) is 54.6 cm³/mol. The van der Waals surface area contributed by atoms with E-state index in [9.17, 15) is 5.11 Å². The Hall–Kier alpha value is -0.860. The first kappa shape index (κ1) is 10.2. The fourth-order valence-electron chi connectivity index (χ4n) is 1.47.